The van der Waals surface area contributed by atoms with Gasteiger partial charge in [0.05, 0.1) is 17.7 Å². The van der Waals surface area contributed by atoms with Crippen LogP contribution in [0.5, 0.6) is 5.75 Å². The van der Waals surface area contributed by atoms with Gasteiger partial charge in [-0.1, -0.05) is 54.1 Å². The van der Waals surface area contributed by atoms with Gasteiger partial charge in [-0.25, -0.2) is 9.78 Å². The Balaban J connectivity index is 1.60. The molecule has 2 aromatic heterocycles. The number of carbonyl (C=O) groups is 1. The van der Waals surface area contributed by atoms with Crippen LogP contribution in [0, 0.1) is 0 Å². The lowest BCUT2D eigenvalue weighted by Gasteiger charge is -2.09. The van der Waals surface area contributed by atoms with E-state index in [0.717, 1.165) is 17.0 Å². The fourth-order valence-electron chi connectivity index (χ4n) is 3.80. The Morgan fingerprint density at radius 2 is 1.94 bits per heavy atom. The first-order chi connectivity index (χ1) is 15.1. The number of nitrogens with one attached hydrogen (secondary N) is 1. The summed E-state index contributed by atoms with van der Waals surface area (Å²) in [6.07, 6.45) is 4.23. The summed E-state index contributed by atoms with van der Waals surface area (Å²) < 4.78 is 7.02. The number of nitrogens with zero attached hydrogens (tertiary/aromatic N) is 2. The van der Waals surface area contributed by atoms with Gasteiger partial charge in [0, 0.05) is 12.0 Å². The predicted octanol–water partition coefficient (Wildman–Crippen LogP) is 4.26. The topological polar surface area (TPSA) is 79.2 Å². The van der Waals surface area contributed by atoms with E-state index in [9.17, 15) is 9.90 Å². The third-order valence-electron chi connectivity index (χ3n) is 5.32. The van der Waals surface area contributed by atoms with E-state index in [4.69, 9.17) is 21.0 Å². The average molecular weight is 433 g/mol. The lowest BCUT2D eigenvalue weighted by atomic mass is 10.1. The number of aromatic hydroxyl groups is 1. The number of hydrogen-bond donors (Lipinski definition) is 2. The van der Waals surface area contributed by atoms with Crippen molar-refractivity contribution in [3.8, 4) is 17.0 Å². The van der Waals surface area contributed by atoms with Crippen LogP contribution >= 0.6 is 11.6 Å². The Labute approximate surface area is 183 Å². The fourth-order valence-corrected chi connectivity index (χ4v) is 4.03. The van der Waals surface area contributed by atoms with Crippen LogP contribution in [0.1, 0.15) is 21.8 Å². The van der Waals surface area contributed by atoms with E-state index in [1.165, 1.54) is 6.07 Å². The van der Waals surface area contributed by atoms with Crippen molar-refractivity contribution in [2.24, 2.45) is 0 Å². The quantitative estimate of drug-likeness (QED) is 0.461. The molecule has 2 aromatic carbocycles. The van der Waals surface area contributed by atoms with Crippen molar-refractivity contribution >= 4 is 23.3 Å². The largest absolute Gasteiger partial charge is 0.506 e. The minimum atomic E-state index is -0.461. The maximum absolute atomic E-state index is 13.2. The normalized spacial score (nSPS) is 15.0. The summed E-state index contributed by atoms with van der Waals surface area (Å²) >= 11 is 6.34. The van der Waals surface area contributed by atoms with Gasteiger partial charge in [0.2, 0.25) is 6.04 Å². The molecule has 6 nitrogen and oxygen atoms in total. The number of benzene rings is 2. The van der Waals surface area contributed by atoms with Crippen LogP contribution in [-0.4, -0.2) is 22.0 Å². The highest BCUT2D eigenvalue weighted by molar-refractivity contribution is 6.34. The maximum atomic E-state index is 13.2. The summed E-state index contributed by atoms with van der Waals surface area (Å²) in [7, 11) is 0. The molecule has 2 N–H and O–H groups in total. The molecule has 0 spiro atoms. The van der Waals surface area contributed by atoms with E-state index in [2.05, 4.69) is 5.32 Å². The third kappa shape index (κ3) is 3.66. The molecule has 7 heteroatoms. The van der Waals surface area contributed by atoms with E-state index in [1.54, 1.807) is 35.2 Å². The molecule has 1 atom stereocenters. The van der Waals surface area contributed by atoms with Gasteiger partial charge >= 0.3 is 11.7 Å². The first-order valence-corrected chi connectivity index (χ1v) is 10.3. The smallest absolute Gasteiger partial charge is 0.359 e. The highest BCUT2D eigenvalue weighted by Gasteiger charge is 2.41. The highest BCUT2D eigenvalue weighted by atomic mass is 35.5. The van der Waals surface area contributed by atoms with Crippen molar-refractivity contribution in [1.29, 1.82) is 0 Å². The van der Waals surface area contributed by atoms with E-state index in [0.29, 0.717) is 29.9 Å². The van der Waals surface area contributed by atoms with E-state index in [1.807, 2.05) is 36.4 Å². The van der Waals surface area contributed by atoms with Crippen LogP contribution in [0.3, 0.4) is 0 Å². The Hall–Kier alpha value is -3.64. The zero-order valence-corrected chi connectivity index (χ0v) is 17.2. The first-order valence-electron chi connectivity index (χ1n) is 9.90. The second-order valence-electron chi connectivity index (χ2n) is 7.41. The van der Waals surface area contributed by atoms with Gasteiger partial charge in [-0.2, -0.15) is 4.57 Å². The lowest BCUT2D eigenvalue weighted by molar-refractivity contribution is -0.552. The zero-order chi connectivity index (χ0) is 21.4. The van der Waals surface area contributed by atoms with Crippen molar-refractivity contribution in [2.75, 3.05) is 5.32 Å². The second kappa shape index (κ2) is 7.89. The van der Waals surface area contributed by atoms with Crippen molar-refractivity contribution in [2.45, 2.75) is 18.9 Å². The molecule has 0 saturated heterocycles. The van der Waals surface area contributed by atoms with E-state index < -0.39 is 6.04 Å². The molecule has 0 bridgehead atoms. The van der Waals surface area contributed by atoms with Crippen LogP contribution in [0.4, 0.5) is 5.82 Å². The van der Waals surface area contributed by atoms with Crippen molar-refractivity contribution in [3.63, 3.8) is 0 Å². The number of aromatic nitrogens is 2. The summed E-state index contributed by atoms with van der Waals surface area (Å²) in [5.41, 5.74) is 2.87. The number of fused-ring (bicyclic) bond motifs is 1. The Morgan fingerprint density at radius 3 is 2.71 bits per heavy atom. The summed E-state index contributed by atoms with van der Waals surface area (Å²) in [5.74, 6) is 1.26. The van der Waals surface area contributed by atoms with Crippen LogP contribution in [0.2, 0.25) is 5.02 Å². The Bertz CT molecular complexity index is 1260. The van der Waals surface area contributed by atoms with Gasteiger partial charge in [0.15, 0.2) is 0 Å². The molecule has 0 fully saturated rings. The molecule has 154 valence electrons. The molecule has 0 amide bonds. The monoisotopic (exact) mass is 432 g/mol. The summed E-state index contributed by atoms with van der Waals surface area (Å²) in [6.45, 7) is 0. The molecule has 4 aromatic rings. The number of phenolic OH excluding ortho intramolecular Hbond substituents is 1. The SMILES string of the molecule is O=C1C(Cc2ccco2)Nc2c(Cc3ccccc3)nc(-c3cccc(O)c3Cl)c[n+]21. The highest BCUT2D eigenvalue weighted by Crippen LogP contribution is 2.34. The molecule has 3 heterocycles. The Kier molecular flexibility index (Phi) is 4.92. The zero-order valence-electron chi connectivity index (χ0n) is 16.5. The number of halogens is 1. The number of rotatable bonds is 5. The minimum Gasteiger partial charge on any atom is -0.506 e. The summed E-state index contributed by atoms with van der Waals surface area (Å²) in [5, 5.41) is 13.6. The van der Waals surface area contributed by atoms with Gasteiger partial charge in [-0.15, -0.1) is 0 Å². The maximum Gasteiger partial charge on any atom is 0.359 e. The van der Waals surface area contributed by atoms with Crippen LogP contribution in [0.25, 0.3) is 11.3 Å². The molecule has 5 rings (SSSR count). The van der Waals surface area contributed by atoms with Gasteiger partial charge in [-0.3, -0.25) is 5.32 Å². The first kappa shape index (κ1) is 19.3. The number of anilines is 1. The van der Waals surface area contributed by atoms with E-state index in [-0.39, 0.29) is 16.7 Å². The fraction of sp³-hybridized carbons (Fsp3) is 0.125. The number of phenols is 1. The average Bonchev–Trinajstić information content (AvgIpc) is 3.40. The molecule has 1 aliphatic rings. The Morgan fingerprint density at radius 1 is 1.10 bits per heavy atom. The van der Waals surface area contributed by atoms with Gasteiger partial charge in [-0.05, 0) is 23.8 Å². The van der Waals surface area contributed by atoms with Crippen LogP contribution < -0.4 is 9.88 Å². The van der Waals surface area contributed by atoms with Gasteiger partial charge in [0.25, 0.3) is 0 Å². The van der Waals surface area contributed by atoms with Crippen molar-refractivity contribution in [3.05, 3.63) is 95.2 Å². The molecule has 1 aliphatic heterocycles. The molecule has 1 unspecified atom stereocenters. The molecular formula is C24H19ClN3O3+. The minimum absolute atomic E-state index is 0.0313. The third-order valence-corrected chi connectivity index (χ3v) is 5.72. The van der Waals surface area contributed by atoms with Crippen molar-refractivity contribution in [1.82, 2.24) is 4.98 Å². The number of carbonyl (C=O) groups excluding carboxylic acids is 1. The summed E-state index contributed by atoms with van der Waals surface area (Å²) in [4.78, 5) is 18.0. The molecule has 0 aliphatic carbocycles. The van der Waals surface area contributed by atoms with Gasteiger partial charge < -0.3 is 9.52 Å². The molecule has 31 heavy (non-hydrogen) atoms. The predicted molar refractivity (Wildman–Crippen MR) is 116 cm³/mol. The molecule has 0 radical (unpaired) electrons. The van der Waals surface area contributed by atoms with Crippen LogP contribution in [-0.2, 0) is 12.8 Å². The standard InChI is InChI=1S/C24H18ClN3O3/c25-22-17(9-4-10-21(22)29)20-14-28-23(18(26-20)12-15-6-2-1-3-7-15)27-19(24(28)30)13-16-8-5-11-31-16/h1-11,14,19,29H,12-13H2/p+1. The lowest BCUT2D eigenvalue weighted by Crippen LogP contribution is -2.44. The van der Waals surface area contributed by atoms with Gasteiger partial charge in [0.1, 0.15) is 29.1 Å². The van der Waals surface area contributed by atoms with Crippen molar-refractivity contribution < 1.29 is 18.9 Å². The summed E-state index contributed by atoms with van der Waals surface area (Å²) in [6, 6.07) is 18.1. The molecular weight excluding hydrogens is 414 g/mol. The number of furan rings is 1. The van der Waals surface area contributed by atoms with E-state index >= 15 is 0 Å². The molecule has 0 saturated carbocycles. The second-order valence-corrected chi connectivity index (χ2v) is 7.79. The van der Waals surface area contributed by atoms with Crippen LogP contribution in [0.15, 0.2) is 77.5 Å². The number of hydrogen-bond acceptors (Lipinski definition) is 5.